The molecule has 0 atom stereocenters. The van der Waals surface area contributed by atoms with Gasteiger partial charge in [-0.1, -0.05) is 26.0 Å². The van der Waals surface area contributed by atoms with Crippen molar-refractivity contribution in [2.45, 2.75) is 36.3 Å². The van der Waals surface area contributed by atoms with Crippen LogP contribution in [0.1, 0.15) is 26.7 Å². The molecular formula is C23H25NO4S. The van der Waals surface area contributed by atoms with Crippen LogP contribution in [-0.4, -0.2) is 35.0 Å². The number of nitrogens with zero attached hydrogens (tertiary/aromatic N) is 1. The van der Waals surface area contributed by atoms with Crippen molar-refractivity contribution in [3.05, 3.63) is 48.7 Å². The van der Waals surface area contributed by atoms with Crippen LogP contribution < -0.4 is 9.47 Å². The Morgan fingerprint density at radius 1 is 1.00 bits per heavy atom. The molecule has 0 amide bonds. The minimum Gasteiger partial charge on any atom is -0.493 e. The molecule has 0 saturated carbocycles. The van der Waals surface area contributed by atoms with Crippen LogP contribution in [0, 0.1) is 0 Å². The van der Waals surface area contributed by atoms with Gasteiger partial charge in [0.05, 0.1) is 19.7 Å². The van der Waals surface area contributed by atoms with Crippen LogP contribution in [0.3, 0.4) is 0 Å². The number of ether oxygens (including phenoxy) is 2. The Hall–Kier alpha value is -2.73. The van der Waals surface area contributed by atoms with Crippen LogP contribution in [0.25, 0.3) is 22.0 Å². The number of aromatic nitrogens is 1. The number of carbonyl (C=O) groups is 1. The van der Waals surface area contributed by atoms with Crippen molar-refractivity contribution in [1.82, 2.24) is 4.98 Å². The fourth-order valence-electron chi connectivity index (χ4n) is 3.36. The lowest BCUT2D eigenvalue weighted by molar-refractivity contribution is -0.140. The first-order chi connectivity index (χ1) is 14.0. The molecule has 0 fully saturated rings. The number of rotatable bonds is 8. The van der Waals surface area contributed by atoms with Crippen LogP contribution in [0.15, 0.2) is 53.6 Å². The summed E-state index contributed by atoms with van der Waals surface area (Å²) in [5, 5.41) is 10.8. The molecule has 29 heavy (non-hydrogen) atoms. The van der Waals surface area contributed by atoms with Crippen molar-refractivity contribution < 1.29 is 19.4 Å². The number of carboxylic acid groups (broad SMARTS) is 1. The number of aliphatic carboxylic acids is 1. The predicted molar refractivity (Wildman–Crippen MR) is 117 cm³/mol. The van der Waals surface area contributed by atoms with Gasteiger partial charge in [-0.15, -0.1) is 11.8 Å². The molecule has 0 aliphatic rings. The number of carboxylic acids is 1. The van der Waals surface area contributed by atoms with Crippen LogP contribution in [0.2, 0.25) is 0 Å². The van der Waals surface area contributed by atoms with Gasteiger partial charge >= 0.3 is 5.97 Å². The SMILES string of the molecule is CCC(CC)(Sc1ccnc2ccc(-c3ccc(OC)c(OC)c3)cc12)C(=O)O. The van der Waals surface area contributed by atoms with Crippen molar-refractivity contribution in [3.63, 3.8) is 0 Å². The molecule has 6 heteroatoms. The first-order valence-corrected chi connectivity index (χ1v) is 10.3. The number of methoxy groups -OCH3 is 2. The zero-order valence-corrected chi connectivity index (χ0v) is 17.9. The van der Waals surface area contributed by atoms with Crippen molar-refractivity contribution >= 4 is 28.6 Å². The largest absolute Gasteiger partial charge is 0.493 e. The molecule has 3 rings (SSSR count). The summed E-state index contributed by atoms with van der Waals surface area (Å²) in [6.45, 7) is 3.84. The molecule has 0 unspecified atom stereocenters. The van der Waals surface area contributed by atoms with Crippen molar-refractivity contribution in [1.29, 1.82) is 0 Å². The fraction of sp³-hybridized carbons (Fsp3) is 0.304. The maximum atomic E-state index is 12.0. The Labute approximate surface area is 175 Å². The average Bonchev–Trinajstić information content (AvgIpc) is 2.76. The number of hydrogen-bond donors (Lipinski definition) is 1. The summed E-state index contributed by atoms with van der Waals surface area (Å²) in [6, 6.07) is 13.7. The summed E-state index contributed by atoms with van der Waals surface area (Å²) >= 11 is 1.41. The number of thioether (sulfide) groups is 1. The van der Waals surface area contributed by atoms with Gasteiger partial charge in [0.25, 0.3) is 0 Å². The molecule has 152 valence electrons. The Bertz CT molecular complexity index is 1030. The van der Waals surface area contributed by atoms with Crippen LogP contribution in [0.5, 0.6) is 11.5 Å². The van der Waals surface area contributed by atoms with E-state index in [-0.39, 0.29) is 0 Å². The highest BCUT2D eigenvalue weighted by Crippen LogP contribution is 2.42. The Morgan fingerprint density at radius 2 is 1.66 bits per heavy atom. The second-order valence-electron chi connectivity index (χ2n) is 6.72. The fourth-order valence-corrected chi connectivity index (χ4v) is 4.56. The van der Waals surface area contributed by atoms with Crippen molar-refractivity contribution in [3.8, 4) is 22.6 Å². The Kier molecular flexibility index (Phi) is 6.33. The van der Waals surface area contributed by atoms with E-state index in [4.69, 9.17) is 9.47 Å². The first-order valence-electron chi connectivity index (χ1n) is 9.51. The van der Waals surface area contributed by atoms with Gasteiger partial charge in [-0.05, 0) is 54.3 Å². The molecule has 5 nitrogen and oxygen atoms in total. The van der Waals surface area contributed by atoms with E-state index >= 15 is 0 Å². The zero-order valence-electron chi connectivity index (χ0n) is 17.1. The predicted octanol–water partition coefficient (Wildman–Crippen LogP) is 5.65. The van der Waals surface area contributed by atoms with Gasteiger partial charge in [-0.3, -0.25) is 9.78 Å². The van der Waals surface area contributed by atoms with Gasteiger partial charge < -0.3 is 14.6 Å². The molecule has 1 heterocycles. The van der Waals surface area contributed by atoms with Crippen molar-refractivity contribution in [2.24, 2.45) is 0 Å². The highest BCUT2D eigenvalue weighted by molar-refractivity contribution is 8.01. The van der Waals surface area contributed by atoms with Crippen LogP contribution >= 0.6 is 11.8 Å². The van der Waals surface area contributed by atoms with E-state index in [9.17, 15) is 9.90 Å². The third-order valence-electron chi connectivity index (χ3n) is 5.26. The minimum absolute atomic E-state index is 0.544. The second-order valence-corrected chi connectivity index (χ2v) is 8.14. The summed E-state index contributed by atoms with van der Waals surface area (Å²) in [5.41, 5.74) is 2.83. The number of pyridine rings is 1. The van der Waals surface area contributed by atoms with Gasteiger partial charge in [0, 0.05) is 16.5 Å². The van der Waals surface area contributed by atoms with Gasteiger partial charge in [-0.25, -0.2) is 0 Å². The summed E-state index contributed by atoms with van der Waals surface area (Å²) in [5.74, 6) is 0.549. The van der Waals surface area contributed by atoms with E-state index in [1.54, 1.807) is 20.4 Å². The molecule has 0 radical (unpaired) electrons. The van der Waals surface area contributed by atoms with E-state index in [1.165, 1.54) is 11.8 Å². The lowest BCUT2D eigenvalue weighted by atomic mass is 10.0. The number of benzene rings is 2. The first kappa shape index (κ1) is 21.0. The standard InChI is InChI=1S/C23H25NO4S/c1-5-23(6-2,22(25)26)29-21-11-12-24-18-9-7-15(13-17(18)21)16-8-10-19(27-3)20(14-16)28-4/h7-14H,5-6H2,1-4H3,(H,25,26). The molecule has 1 aromatic heterocycles. The summed E-state index contributed by atoms with van der Waals surface area (Å²) < 4.78 is 9.90. The molecular weight excluding hydrogens is 386 g/mol. The third-order valence-corrected chi connectivity index (χ3v) is 6.97. The molecule has 2 aromatic carbocycles. The quantitative estimate of drug-likeness (QED) is 0.483. The zero-order chi connectivity index (χ0) is 21.0. The topological polar surface area (TPSA) is 68.7 Å². The van der Waals surface area contributed by atoms with Crippen molar-refractivity contribution in [2.75, 3.05) is 14.2 Å². The smallest absolute Gasteiger partial charge is 0.320 e. The summed E-state index contributed by atoms with van der Waals surface area (Å²) in [7, 11) is 3.22. The minimum atomic E-state index is -0.854. The normalized spacial score (nSPS) is 11.4. The highest BCUT2D eigenvalue weighted by Gasteiger charge is 2.36. The summed E-state index contributed by atoms with van der Waals surface area (Å²) in [6.07, 6.45) is 2.82. The number of fused-ring (bicyclic) bond motifs is 1. The monoisotopic (exact) mass is 411 g/mol. The molecule has 1 N–H and O–H groups in total. The second kappa shape index (κ2) is 8.74. The molecule has 0 aliphatic heterocycles. The molecule has 0 aliphatic carbocycles. The number of hydrogen-bond acceptors (Lipinski definition) is 5. The van der Waals surface area contributed by atoms with Crippen LogP contribution in [0.4, 0.5) is 0 Å². The van der Waals surface area contributed by atoms with E-state index in [0.29, 0.717) is 24.3 Å². The third kappa shape index (κ3) is 4.03. The molecule has 0 spiro atoms. The van der Waals surface area contributed by atoms with E-state index in [1.807, 2.05) is 50.2 Å². The van der Waals surface area contributed by atoms with Gasteiger partial charge in [-0.2, -0.15) is 0 Å². The molecule has 0 bridgehead atoms. The molecule has 3 aromatic rings. The lowest BCUT2D eigenvalue weighted by Crippen LogP contribution is -2.33. The van der Waals surface area contributed by atoms with E-state index in [2.05, 4.69) is 11.1 Å². The van der Waals surface area contributed by atoms with E-state index in [0.717, 1.165) is 26.9 Å². The van der Waals surface area contributed by atoms with Crippen LogP contribution in [-0.2, 0) is 4.79 Å². The average molecular weight is 412 g/mol. The van der Waals surface area contributed by atoms with Gasteiger partial charge in [0.15, 0.2) is 11.5 Å². The highest BCUT2D eigenvalue weighted by atomic mass is 32.2. The van der Waals surface area contributed by atoms with E-state index < -0.39 is 10.7 Å². The van der Waals surface area contributed by atoms with Gasteiger partial charge in [0.2, 0.25) is 0 Å². The Morgan fingerprint density at radius 3 is 2.28 bits per heavy atom. The molecule has 0 saturated heterocycles. The summed E-state index contributed by atoms with van der Waals surface area (Å²) in [4.78, 5) is 17.4. The maximum Gasteiger partial charge on any atom is 0.320 e. The maximum absolute atomic E-state index is 12.0. The lowest BCUT2D eigenvalue weighted by Gasteiger charge is -2.26. The Balaban J connectivity index is 2.10. The van der Waals surface area contributed by atoms with Gasteiger partial charge in [0.1, 0.15) is 4.75 Å².